The lowest BCUT2D eigenvalue weighted by molar-refractivity contribution is 0.336. The summed E-state index contributed by atoms with van der Waals surface area (Å²) in [5.74, 6) is -0.277. The quantitative estimate of drug-likeness (QED) is 0.684. The molecule has 1 saturated heterocycles. The minimum absolute atomic E-state index is 0.277. The van der Waals surface area contributed by atoms with Crippen LogP contribution in [0, 0.1) is 12.7 Å². The first-order valence-corrected chi connectivity index (χ1v) is 5.19. The minimum atomic E-state index is -0.277. The van der Waals surface area contributed by atoms with Gasteiger partial charge in [-0.1, -0.05) is 17.4 Å². The minimum Gasteiger partial charge on any atom is -0.278 e. The van der Waals surface area contributed by atoms with E-state index in [1.807, 2.05) is 5.01 Å². The molecule has 1 fully saturated rings. The van der Waals surface area contributed by atoms with Crippen LogP contribution in [0.5, 0.6) is 0 Å². The Kier molecular flexibility index (Phi) is 2.94. The SMILES string of the molecule is Cc1cccc(N=NN2CCCC2)c1F. The maximum atomic E-state index is 13.5. The summed E-state index contributed by atoms with van der Waals surface area (Å²) in [5.41, 5.74) is 0.926. The van der Waals surface area contributed by atoms with Gasteiger partial charge < -0.3 is 0 Å². The summed E-state index contributed by atoms with van der Waals surface area (Å²) in [5, 5.41) is 9.82. The van der Waals surface area contributed by atoms with Crippen LogP contribution in [0.15, 0.2) is 28.5 Å². The molecule has 0 atom stereocenters. The highest BCUT2D eigenvalue weighted by atomic mass is 19.1. The first kappa shape index (κ1) is 10.1. The lowest BCUT2D eigenvalue weighted by Gasteiger charge is -2.07. The van der Waals surface area contributed by atoms with Gasteiger partial charge in [-0.25, -0.2) is 4.39 Å². The van der Waals surface area contributed by atoms with Gasteiger partial charge in [0, 0.05) is 13.1 Å². The van der Waals surface area contributed by atoms with E-state index >= 15 is 0 Å². The van der Waals surface area contributed by atoms with Crippen LogP contribution in [0.2, 0.25) is 0 Å². The summed E-state index contributed by atoms with van der Waals surface area (Å²) < 4.78 is 13.5. The van der Waals surface area contributed by atoms with Gasteiger partial charge in [-0.3, -0.25) is 5.01 Å². The highest BCUT2D eigenvalue weighted by Gasteiger charge is 2.09. The van der Waals surface area contributed by atoms with Crippen LogP contribution >= 0.6 is 0 Å². The van der Waals surface area contributed by atoms with Gasteiger partial charge in [0.1, 0.15) is 5.69 Å². The number of nitrogens with zero attached hydrogens (tertiary/aromatic N) is 3. The average molecular weight is 207 g/mol. The van der Waals surface area contributed by atoms with E-state index in [9.17, 15) is 4.39 Å². The van der Waals surface area contributed by atoms with Gasteiger partial charge in [0.15, 0.2) is 5.82 Å². The molecule has 1 aliphatic rings. The highest BCUT2D eigenvalue weighted by Crippen LogP contribution is 2.21. The molecule has 1 aliphatic heterocycles. The Morgan fingerprint density at radius 3 is 2.73 bits per heavy atom. The molecule has 0 bridgehead atoms. The fourth-order valence-electron chi connectivity index (χ4n) is 1.61. The summed E-state index contributed by atoms with van der Waals surface area (Å²) in [6.07, 6.45) is 2.30. The fraction of sp³-hybridized carbons (Fsp3) is 0.455. The maximum Gasteiger partial charge on any atom is 0.153 e. The molecule has 4 heteroatoms. The molecule has 0 unspecified atom stereocenters. The third-order valence-electron chi connectivity index (χ3n) is 2.53. The van der Waals surface area contributed by atoms with Crippen LogP contribution < -0.4 is 0 Å². The number of aryl methyl sites for hydroxylation is 1. The lowest BCUT2D eigenvalue weighted by Crippen LogP contribution is -2.09. The van der Waals surface area contributed by atoms with Crippen molar-refractivity contribution in [2.75, 3.05) is 13.1 Å². The standard InChI is InChI=1S/C11H14FN3/c1-9-5-4-6-10(11(9)12)13-14-15-7-2-3-8-15/h4-6H,2-3,7-8H2,1H3. The molecule has 0 aromatic heterocycles. The Labute approximate surface area is 88.6 Å². The van der Waals surface area contributed by atoms with E-state index < -0.39 is 0 Å². The Morgan fingerprint density at radius 2 is 2.00 bits per heavy atom. The zero-order chi connectivity index (χ0) is 10.7. The second-order valence-electron chi connectivity index (χ2n) is 3.76. The van der Waals surface area contributed by atoms with E-state index in [2.05, 4.69) is 10.3 Å². The van der Waals surface area contributed by atoms with Crippen molar-refractivity contribution in [1.29, 1.82) is 0 Å². The molecule has 0 N–H and O–H groups in total. The zero-order valence-electron chi connectivity index (χ0n) is 8.78. The van der Waals surface area contributed by atoms with Crippen molar-refractivity contribution >= 4 is 5.69 Å². The average Bonchev–Trinajstić information content (AvgIpc) is 2.73. The van der Waals surface area contributed by atoms with E-state index in [1.165, 1.54) is 0 Å². The summed E-state index contributed by atoms with van der Waals surface area (Å²) in [6.45, 7) is 3.58. The van der Waals surface area contributed by atoms with Gasteiger partial charge in [-0.05, 0) is 31.4 Å². The topological polar surface area (TPSA) is 28.0 Å². The van der Waals surface area contributed by atoms with E-state index in [4.69, 9.17) is 0 Å². The van der Waals surface area contributed by atoms with Crippen LogP contribution in [0.1, 0.15) is 18.4 Å². The Hall–Kier alpha value is -1.45. The first-order chi connectivity index (χ1) is 7.27. The molecule has 0 saturated carbocycles. The van der Waals surface area contributed by atoms with E-state index in [-0.39, 0.29) is 5.82 Å². The van der Waals surface area contributed by atoms with Crippen LogP contribution in [0.3, 0.4) is 0 Å². The summed E-state index contributed by atoms with van der Waals surface area (Å²) in [4.78, 5) is 0. The van der Waals surface area contributed by atoms with Crippen molar-refractivity contribution in [3.05, 3.63) is 29.6 Å². The summed E-state index contributed by atoms with van der Waals surface area (Å²) >= 11 is 0. The van der Waals surface area contributed by atoms with Crippen LogP contribution in [0.25, 0.3) is 0 Å². The summed E-state index contributed by atoms with van der Waals surface area (Å²) in [6, 6.07) is 5.16. The number of hydrogen-bond donors (Lipinski definition) is 0. The molecule has 2 rings (SSSR count). The molecule has 0 amide bonds. The second kappa shape index (κ2) is 4.38. The van der Waals surface area contributed by atoms with Crippen molar-refractivity contribution in [1.82, 2.24) is 5.01 Å². The van der Waals surface area contributed by atoms with Gasteiger partial charge in [-0.15, -0.1) is 5.11 Å². The van der Waals surface area contributed by atoms with Crippen molar-refractivity contribution in [2.24, 2.45) is 10.3 Å². The van der Waals surface area contributed by atoms with Gasteiger partial charge in [0.2, 0.25) is 0 Å². The molecule has 1 aromatic carbocycles. The van der Waals surface area contributed by atoms with Crippen molar-refractivity contribution in [2.45, 2.75) is 19.8 Å². The van der Waals surface area contributed by atoms with Gasteiger partial charge in [-0.2, -0.15) is 0 Å². The number of hydrogen-bond acceptors (Lipinski definition) is 2. The van der Waals surface area contributed by atoms with Crippen molar-refractivity contribution < 1.29 is 4.39 Å². The van der Waals surface area contributed by atoms with Gasteiger partial charge in [0.25, 0.3) is 0 Å². The largest absolute Gasteiger partial charge is 0.278 e. The molecule has 3 nitrogen and oxygen atoms in total. The third kappa shape index (κ3) is 2.32. The number of rotatable bonds is 2. The van der Waals surface area contributed by atoms with Crippen molar-refractivity contribution in [3.63, 3.8) is 0 Å². The van der Waals surface area contributed by atoms with Crippen LogP contribution in [0.4, 0.5) is 10.1 Å². The molecular weight excluding hydrogens is 193 g/mol. The van der Waals surface area contributed by atoms with Gasteiger partial charge in [0.05, 0.1) is 0 Å². The van der Waals surface area contributed by atoms with E-state index in [0.29, 0.717) is 11.3 Å². The highest BCUT2D eigenvalue weighted by molar-refractivity contribution is 5.41. The second-order valence-corrected chi connectivity index (χ2v) is 3.76. The first-order valence-electron chi connectivity index (χ1n) is 5.19. The molecule has 0 spiro atoms. The predicted molar refractivity (Wildman–Crippen MR) is 56.5 cm³/mol. The fourth-order valence-corrected chi connectivity index (χ4v) is 1.61. The molecular formula is C11H14FN3. The third-order valence-corrected chi connectivity index (χ3v) is 2.53. The van der Waals surface area contributed by atoms with Gasteiger partial charge >= 0.3 is 0 Å². The molecule has 0 radical (unpaired) electrons. The predicted octanol–water partition coefficient (Wildman–Crippen LogP) is 3.23. The molecule has 1 aromatic rings. The van der Waals surface area contributed by atoms with E-state index in [0.717, 1.165) is 25.9 Å². The maximum absolute atomic E-state index is 13.5. The van der Waals surface area contributed by atoms with Crippen molar-refractivity contribution in [3.8, 4) is 0 Å². The van der Waals surface area contributed by atoms with Crippen LogP contribution in [-0.2, 0) is 0 Å². The van der Waals surface area contributed by atoms with E-state index in [1.54, 1.807) is 25.1 Å². The zero-order valence-corrected chi connectivity index (χ0v) is 8.78. The number of halogens is 1. The molecule has 15 heavy (non-hydrogen) atoms. The molecule has 0 aliphatic carbocycles. The Bertz CT molecular complexity index is 370. The smallest absolute Gasteiger partial charge is 0.153 e. The summed E-state index contributed by atoms with van der Waals surface area (Å²) in [7, 11) is 0. The lowest BCUT2D eigenvalue weighted by atomic mass is 10.2. The number of benzene rings is 1. The normalized spacial score (nSPS) is 16.5. The van der Waals surface area contributed by atoms with Crippen LogP contribution in [-0.4, -0.2) is 18.1 Å². The molecule has 80 valence electrons. The Morgan fingerprint density at radius 1 is 1.27 bits per heavy atom. The Balaban J connectivity index is 2.12. The molecule has 1 heterocycles. The monoisotopic (exact) mass is 207 g/mol.